The number of rotatable bonds is 5. The lowest BCUT2D eigenvalue weighted by molar-refractivity contribution is -0.192. The van der Waals surface area contributed by atoms with Gasteiger partial charge in [0.2, 0.25) is 0 Å². The average molecular weight is 538 g/mol. The van der Waals surface area contributed by atoms with Crippen LogP contribution < -0.4 is 5.32 Å². The Balaban J connectivity index is 0.000000479. The molecule has 8 nitrogen and oxygen atoms in total. The summed E-state index contributed by atoms with van der Waals surface area (Å²) in [6, 6.07) is 18.1. The van der Waals surface area contributed by atoms with Crippen LogP contribution in [0, 0.1) is 0 Å². The van der Waals surface area contributed by atoms with Crippen molar-refractivity contribution in [2.75, 3.05) is 31.5 Å². The number of nitrogens with one attached hydrogen (secondary N) is 1. The number of alkyl halides is 3. The van der Waals surface area contributed by atoms with Crippen LogP contribution >= 0.6 is 11.6 Å². The number of aliphatic carboxylic acids is 1. The molecule has 1 aliphatic heterocycles. The van der Waals surface area contributed by atoms with Crippen molar-refractivity contribution < 1.29 is 37.1 Å². The Morgan fingerprint density at radius 2 is 1.65 bits per heavy atom. The van der Waals surface area contributed by atoms with Gasteiger partial charge in [-0.3, -0.25) is 14.5 Å². The summed E-state index contributed by atoms with van der Waals surface area (Å²) in [7, 11) is 0. The third-order valence-corrected chi connectivity index (χ3v) is 5.54. The lowest BCUT2D eigenvalue weighted by Crippen LogP contribution is -2.48. The molecule has 12 heteroatoms. The van der Waals surface area contributed by atoms with Crippen LogP contribution in [0.15, 0.2) is 71.3 Å². The van der Waals surface area contributed by atoms with E-state index >= 15 is 0 Å². The average Bonchev–Trinajstić information content (AvgIpc) is 3.40. The zero-order valence-corrected chi connectivity index (χ0v) is 20.1. The fourth-order valence-electron chi connectivity index (χ4n) is 3.52. The van der Waals surface area contributed by atoms with Crippen LogP contribution in [0.5, 0.6) is 0 Å². The Bertz CT molecular complexity index is 1230. The van der Waals surface area contributed by atoms with Crippen molar-refractivity contribution in [1.82, 2.24) is 9.80 Å². The van der Waals surface area contributed by atoms with E-state index in [0.29, 0.717) is 23.7 Å². The molecule has 0 spiro atoms. The van der Waals surface area contributed by atoms with Gasteiger partial charge in [0.1, 0.15) is 0 Å². The molecule has 0 atom stereocenters. The summed E-state index contributed by atoms with van der Waals surface area (Å²) in [6.07, 6.45) is -3.61. The van der Waals surface area contributed by atoms with Gasteiger partial charge in [0.05, 0.1) is 6.26 Å². The lowest BCUT2D eigenvalue weighted by Gasteiger charge is -2.34. The van der Waals surface area contributed by atoms with Gasteiger partial charge in [-0.15, -0.1) is 0 Å². The van der Waals surface area contributed by atoms with Crippen molar-refractivity contribution >= 4 is 35.1 Å². The molecule has 2 aromatic carbocycles. The maximum atomic E-state index is 12.7. The highest BCUT2D eigenvalue weighted by Crippen LogP contribution is 2.17. The third kappa shape index (κ3) is 8.36. The van der Waals surface area contributed by atoms with Gasteiger partial charge in [0.15, 0.2) is 5.76 Å². The summed E-state index contributed by atoms with van der Waals surface area (Å²) in [5.41, 5.74) is 2.45. The van der Waals surface area contributed by atoms with Crippen molar-refractivity contribution in [3.05, 3.63) is 88.8 Å². The van der Waals surface area contributed by atoms with Crippen LogP contribution in [0.1, 0.15) is 26.5 Å². The summed E-state index contributed by atoms with van der Waals surface area (Å²) in [6.45, 7) is 3.66. The fraction of sp³-hybridized carbons (Fsp3) is 0.240. The molecule has 0 bridgehead atoms. The molecule has 1 aromatic heterocycles. The first-order valence-electron chi connectivity index (χ1n) is 11.0. The van der Waals surface area contributed by atoms with Crippen LogP contribution in [0.4, 0.5) is 18.9 Å². The van der Waals surface area contributed by atoms with E-state index in [1.54, 1.807) is 36.4 Å². The molecule has 0 aliphatic carbocycles. The van der Waals surface area contributed by atoms with Crippen molar-refractivity contribution in [2.24, 2.45) is 0 Å². The summed E-state index contributed by atoms with van der Waals surface area (Å²) in [4.78, 5) is 37.9. The molecule has 37 heavy (non-hydrogen) atoms. The molecule has 2 N–H and O–H groups in total. The molecule has 0 saturated carbocycles. The zero-order chi connectivity index (χ0) is 27.0. The highest BCUT2D eigenvalue weighted by Gasteiger charge is 2.38. The summed E-state index contributed by atoms with van der Waals surface area (Å²) in [5, 5.41) is 10.5. The third-order valence-electron chi connectivity index (χ3n) is 5.31. The number of carbonyl (C=O) groups excluding carboxylic acids is 2. The molecule has 3 aromatic rings. The fourth-order valence-corrected chi connectivity index (χ4v) is 3.71. The molecule has 196 valence electrons. The zero-order valence-electron chi connectivity index (χ0n) is 19.4. The van der Waals surface area contributed by atoms with E-state index in [-0.39, 0.29) is 17.6 Å². The van der Waals surface area contributed by atoms with E-state index < -0.39 is 12.1 Å². The minimum atomic E-state index is -5.08. The largest absolute Gasteiger partial charge is 0.490 e. The van der Waals surface area contributed by atoms with Gasteiger partial charge < -0.3 is 19.7 Å². The molecule has 1 aliphatic rings. The molecule has 2 heterocycles. The first-order chi connectivity index (χ1) is 17.5. The Morgan fingerprint density at radius 3 is 2.24 bits per heavy atom. The Kier molecular flexibility index (Phi) is 9.31. The first kappa shape index (κ1) is 27.8. The van der Waals surface area contributed by atoms with Gasteiger partial charge >= 0.3 is 12.1 Å². The quantitative estimate of drug-likeness (QED) is 0.486. The molecule has 1 fully saturated rings. The second kappa shape index (κ2) is 12.4. The summed E-state index contributed by atoms with van der Waals surface area (Å²) < 4.78 is 36.9. The van der Waals surface area contributed by atoms with E-state index in [1.165, 1.54) is 6.26 Å². The molecule has 2 amide bonds. The highest BCUT2D eigenvalue weighted by molar-refractivity contribution is 6.30. The van der Waals surface area contributed by atoms with E-state index in [0.717, 1.165) is 30.9 Å². The van der Waals surface area contributed by atoms with Crippen molar-refractivity contribution in [3.8, 4) is 0 Å². The number of hydrogen-bond acceptors (Lipinski definition) is 5. The second-order valence-corrected chi connectivity index (χ2v) is 8.45. The maximum Gasteiger partial charge on any atom is 0.490 e. The van der Waals surface area contributed by atoms with E-state index in [4.69, 9.17) is 25.9 Å². The predicted octanol–water partition coefficient (Wildman–Crippen LogP) is 4.78. The Hall–Kier alpha value is -3.83. The first-order valence-corrected chi connectivity index (χ1v) is 11.4. The minimum absolute atomic E-state index is 0.0137. The van der Waals surface area contributed by atoms with E-state index in [9.17, 15) is 22.8 Å². The van der Waals surface area contributed by atoms with Crippen LogP contribution in [0.3, 0.4) is 0 Å². The molecular weight excluding hydrogens is 515 g/mol. The van der Waals surface area contributed by atoms with Crippen LogP contribution in [-0.2, 0) is 11.3 Å². The number of benzene rings is 2. The molecule has 0 radical (unpaired) electrons. The SMILES string of the molecule is O=C(Nc1cccc(CN2CCN(C(=O)c3cccc(Cl)c3)CC2)c1)c1ccco1.O=C(O)C(F)(F)F. The van der Waals surface area contributed by atoms with Crippen molar-refractivity contribution in [3.63, 3.8) is 0 Å². The summed E-state index contributed by atoms with van der Waals surface area (Å²) >= 11 is 6.00. The number of carbonyl (C=O) groups is 3. The van der Waals surface area contributed by atoms with Crippen molar-refractivity contribution in [2.45, 2.75) is 12.7 Å². The van der Waals surface area contributed by atoms with Gasteiger partial charge in [-0.2, -0.15) is 13.2 Å². The molecule has 0 unspecified atom stereocenters. The molecule has 1 saturated heterocycles. The normalized spacial score (nSPS) is 13.9. The number of piperazine rings is 1. The van der Waals surface area contributed by atoms with E-state index in [1.807, 2.05) is 29.2 Å². The molecule has 4 rings (SSSR count). The number of halogens is 4. The topological polar surface area (TPSA) is 103 Å². The highest BCUT2D eigenvalue weighted by atomic mass is 35.5. The van der Waals surface area contributed by atoms with E-state index in [2.05, 4.69) is 10.2 Å². The standard InChI is InChI=1S/C23H22ClN3O3.C2HF3O2/c24-19-6-2-5-18(15-19)23(29)27-11-9-26(10-12-27)16-17-4-1-7-20(14-17)25-22(28)21-8-3-13-30-21;3-2(4,5)1(6)7/h1-8,13-15H,9-12,16H2,(H,25,28);(H,6,7). The number of nitrogens with zero attached hydrogens (tertiary/aromatic N) is 2. The Labute approximate surface area is 215 Å². The second-order valence-electron chi connectivity index (χ2n) is 8.01. The van der Waals surface area contributed by atoms with Gasteiger partial charge in [-0.05, 0) is 48.0 Å². The smallest absolute Gasteiger partial charge is 0.475 e. The van der Waals surface area contributed by atoms with Gasteiger partial charge in [0.25, 0.3) is 11.8 Å². The number of hydrogen-bond donors (Lipinski definition) is 2. The van der Waals surface area contributed by atoms with Gasteiger partial charge in [-0.1, -0.05) is 29.8 Å². The summed E-state index contributed by atoms with van der Waals surface area (Å²) in [5.74, 6) is -2.74. The number of carboxylic acids is 1. The number of anilines is 1. The van der Waals surface area contributed by atoms with Crippen LogP contribution in [0.2, 0.25) is 5.02 Å². The Morgan fingerprint density at radius 1 is 0.973 bits per heavy atom. The van der Waals surface area contributed by atoms with Gasteiger partial charge in [0, 0.05) is 49.0 Å². The predicted molar refractivity (Wildman–Crippen MR) is 129 cm³/mol. The maximum absolute atomic E-state index is 12.7. The number of carboxylic acid groups (broad SMARTS) is 1. The number of furan rings is 1. The number of amides is 2. The van der Waals surface area contributed by atoms with Crippen molar-refractivity contribution in [1.29, 1.82) is 0 Å². The van der Waals surface area contributed by atoms with Crippen LogP contribution in [-0.4, -0.2) is 65.0 Å². The minimum Gasteiger partial charge on any atom is -0.475 e. The van der Waals surface area contributed by atoms with Gasteiger partial charge in [-0.25, -0.2) is 4.79 Å². The molecular formula is C25H23ClF3N3O5. The monoisotopic (exact) mass is 537 g/mol. The van der Waals surface area contributed by atoms with Crippen LogP contribution in [0.25, 0.3) is 0 Å². The lowest BCUT2D eigenvalue weighted by atomic mass is 10.1.